The number of piperazine rings is 1. The Morgan fingerprint density at radius 3 is 2.00 bits per heavy atom. The molecule has 1 aliphatic rings. The molecule has 4 rings (SSSR count). The van der Waals surface area contributed by atoms with Crippen molar-refractivity contribution in [3.63, 3.8) is 0 Å². The predicted molar refractivity (Wildman–Crippen MR) is 134 cm³/mol. The summed E-state index contributed by atoms with van der Waals surface area (Å²) in [5.41, 5.74) is 1.03. The minimum atomic E-state index is -4.08. The van der Waals surface area contributed by atoms with Gasteiger partial charge in [0.05, 0.1) is 9.79 Å². The number of carbonyl (C=O) groups excluding carboxylic acids is 1. The maximum atomic E-state index is 13.5. The van der Waals surface area contributed by atoms with Crippen LogP contribution < -0.4 is 5.32 Å². The second kappa shape index (κ2) is 10.1. The van der Waals surface area contributed by atoms with Crippen molar-refractivity contribution in [2.45, 2.75) is 22.8 Å². The quantitative estimate of drug-likeness (QED) is 0.523. The van der Waals surface area contributed by atoms with Gasteiger partial charge in [-0.05, 0) is 48.9 Å². The molecule has 1 aliphatic heterocycles. The van der Waals surface area contributed by atoms with Crippen molar-refractivity contribution in [1.82, 2.24) is 8.61 Å². The minimum absolute atomic E-state index is 0.0242. The van der Waals surface area contributed by atoms with Gasteiger partial charge in [0.15, 0.2) is 0 Å². The molecule has 0 bridgehead atoms. The van der Waals surface area contributed by atoms with Crippen LogP contribution in [-0.2, 0) is 24.8 Å². The molecule has 0 aliphatic carbocycles. The Hall–Kier alpha value is -2.76. The smallest absolute Gasteiger partial charge is 0.244 e. The van der Waals surface area contributed by atoms with E-state index in [4.69, 9.17) is 11.6 Å². The molecule has 1 fully saturated rings. The van der Waals surface area contributed by atoms with Crippen LogP contribution in [0.25, 0.3) is 0 Å². The van der Waals surface area contributed by atoms with Crippen LogP contribution in [0.15, 0.2) is 88.7 Å². The van der Waals surface area contributed by atoms with Gasteiger partial charge < -0.3 is 5.32 Å². The number of nitrogens with one attached hydrogen (secondary N) is 1. The van der Waals surface area contributed by atoms with Gasteiger partial charge in [0, 0.05) is 30.3 Å². The number of amides is 1. The van der Waals surface area contributed by atoms with Crippen LogP contribution in [0.4, 0.5) is 5.69 Å². The number of nitrogens with zero attached hydrogens (tertiary/aromatic N) is 2. The Bertz CT molecular complexity index is 1430. The first kappa shape index (κ1) is 25.3. The molecule has 0 radical (unpaired) electrons. The lowest BCUT2D eigenvalue weighted by Gasteiger charge is -2.39. The van der Waals surface area contributed by atoms with Crippen molar-refractivity contribution in [3.8, 4) is 0 Å². The van der Waals surface area contributed by atoms with Crippen molar-refractivity contribution >= 4 is 43.2 Å². The zero-order chi connectivity index (χ0) is 25.2. The van der Waals surface area contributed by atoms with Crippen LogP contribution in [-0.4, -0.2) is 57.0 Å². The molecule has 3 aromatic rings. The molecule has 11 heteroatoms. The fourth-order valence-electron chi connectivity index (χ4n) is 3.89. The lowest BCUT2D eigenvalue weighted by atomic mass is 10.1. The highest BCUT2D eigenvalue weighted by Gasteiger charge is 2.43. The molecule has 1 N–H and O–H groups in total. The van der Waals surface area contributed by atoms with Crippen LogP contribution >= 0.6 is 11.6 Å². The summed E-state index contributed by atoms with van der Waals surface area (Å²) in [5.74, 6) is -0.650. The van der Waals surface area contributed by atoms with E-state index in [1.807, 2.05) is 0 Å². The van der Waals surface area contributed by atoms with E-state index in [2.05, 4.69) is 5.32 Å². The van der Waals surface area contributed by atoms with Gasteiger partial charge in [-0.15, -0.1) is 0 Å². The molecule has 35 heavy (non-hydrogen) atoms. The van der Waals surface area contributed by atoms with Crippen LogP contribution in [0.5, 0.6) is 0 Å². The summed E-state index contributed by atoms with van der Waals surface area (Å²) >= 11 is 6.17. The van der Waals surface area contributed by atoms with Crippen molar-refractivity contribution in [2.24, 2.45) is 0 Å². The highest BCUT2D eigenvalue weighted by atomic mass is 35.5. The zero-order valence-electron chi connectivity index (χ0n) is 18.8. The minimum Gasteiger partial charge on any atom is -0.324 e. The average molecular weight is 534 g/mol. The number of benzene rings is 3. The summed E-state index contributed by atoms with van der Waals surface area (Å²) in [6.45, 7) is 1.11. The molecular weight excluding hydrogens is 510 g/mol. The van der Waals surface area contributed by atoms with E-state index in [0.717, 1.165) is 8.61 Å². The lowest BCUT2D eigenvalue weighted by Crippen LogP contribution is -2.60. The molecule has 0 spiro atoms. The van der Waals surface area contributed by atoms with Gasteiger partial charge in [-0.3, -0.25) is 4.79 Å². The molecule has 1 atom stereocenters. The van der Waals surface area contributed by atoms with Gasteiger partial charge >= 0.3 is 0 Å². The van der Waals surface area contributed by atoms with Gasteiger partial charge in [-0.25, -0.2) is 16.8 Å². The zero-order valence-corrected chi connectivity index (χ0v) is 21.2. The topological polar surface area (TPSA) is 104 Å². The molecule has 1 heterocycles. The molecule has 0 saturated carbocycles. The van der Waals surface area contributed by atoms with Crippen molar-refractivity contribution in [3.05, 3.63) is 89.4 Å². The van der Waals surface area contributed by atoms with Crippen molar-refractivity contribution in [1.29, 1.82) is 0 Å². The third-order valence-electron chi connectivity index (χ3n) is 5.85. The van der Waals surface area contributed by atoms with E-state index in [1.165, 1.54) is 24.3 Å². The Morgan fingerprint density at radius 2 is 1.40 bits per heavy atom. The maximum Gasteiger partial charge on any atom is 0.244 e. The van der Waals surface area contributed by atoms with Gasteiger partial charge in [0.2, 0.25) is 26.0 Å². The monoisotopic (exact) mass is 533 g/mol. The Morgan fingerprint density at radius 1 is 0.829 bits per heavy atom. The number of anilines is 1. The second-order valence-electron chi connectivity index (χ2n) is 8.02. The fraction of sp³-hybridized carbons (Fsp3) is 0.208. The van der Waals surface area contributed by atoms with Gasteiger partial charge in [0.25, 0.3) is 0 Å². The summed E-state index contributed by atoms with van der Waals surface area (Å²) in [7, 11) is -8.01. The lowest BCUT2D eigenvalue weighted by molar-refractivity contribution is -0.120. The summed E-state index contributed by atoms with van der Waals surface area (Å²) in [4.78, 5) is 13.5. The van der Waals surface area contributed by atoms with Crippen molar-refractivity contribution < 1.29 is 21.6 Å². The average Bonchev–Trinajstić information content (AvgIpc) is 2.87. The van der Waals surface area contributed by atoms with Crippen molar-refractivity contribution in [2.75, 3.05) is 25.0 Å². The van der Waals surface area contributed by atoms with E-state index in [9.17, 15) is 21.6 Å². The number of sulfonamides is 2. The fourth-order valence-corrected chi connectivity index (χ4v) is 7.11. The van der Waals surface area contributed by atoms with Crippen LogP contribution in [0.1, 0.15) is 5.56 Å². The Labute approximate surface area is 210 Å². The first-order valence-corrected chi connectivity index (χ1v) is 14.1. The van der Waals surface area contributed by atoms with Crippen LogP contribution in [0.2, 0.25) is 5.02 Å². The Kier molecular flexibility index (Phi) is 7.30. The second-order valence-corrected chi connectivity index (χ2v) is 12.3. The maximum absolute atomic E-state index is 13.5. The highest BCUT2D eigenvalue weighted by molar-refractivity contribution is 7.89. The molecule has 0 aromatic heterocycles. The number of hydrogen-bond donors (Lipinski definition) is 1. The number of carbonyl (C=O) groups is 1. The summed E-state index contributed by atoms with van der Waals surface area (Å²) in [6, 6.07) is 19.3. The Balaban J connectivity index is 1.71. The van der Waals surface area contributed by atoms with E-state index in [0.29, 0.717) is 16.3 Å². The largest absolute Gasteiger partial charge is 0.324 e. The first-order chi connectivity index (χ1) is 16.6. The van der Waals surface area contributed by atoms with Crippen LogP contribution in [0.3, 0.4) is 0 Å². The third-order valence-corrected chi connectivity index (χ3v) is 10.1. The first-order valence-electron chi connectivity index (χ1n) is 10.8. The van der Waals surface area contributed by atoms with E-state index >= 15 is 0 Å². The molecule has 8 nitrogen and oxygen atoms in total. The summed E-state index contributed by atoms with van der Waals surface area (Å²) < 4.78 is 55.6. The number of rotatable bonds is 6. The summed E-state index contributed by atoms with van der Waals surface area (Å²) in [5, 5.41) is 3.17. The SMILES string of the molecule is Cc1c(Cl)cccc1NC(=O)[C@H]1CN(S(=O)(=O)c2ccccc2)CCN1S(=O)(=O)c1ccccc1. The van der Waals surface area contributed by atoms with E-state index in [1.54, 1.807) is 61.5 Å². The molecule has 0 unspecified atom stereocenters. The third kappa shape index (κ3) is 5.12. The molecule has 184 valence electrons. The predicted octanol–water partition coefficient (Wildman–Crippen LogP) is 3.35. The highest BCUT2D eigenvalue weighted by Crippen LogP contribution is 2.28. The standard InChI is InChI=1S/C24H24ClN3O5S2/c1-18-21(25)13-8-14-22(18)26-24(29)23-17-27(34(30,31)19-9-4-2-5-10-19)15-16-28(23)35(32,33)20-11-6-3-7-12-20/h2-14,23H,15-17H2,1H3,(H,26,29)/t23-/m1/s1. The molecule has 1 amide bonds. The molecular formula is C24H24ClN3O5S2. The van der Waals surface area contributed by atoms with E-state index in [-0.39, 0.29) is 29.4 Å². The normalized spacial score (nSPS) is 17.7. The van der Waals surface area contributed by atoms with Gasteiger partial charge in [0.1, 0.15) is 6.04 Å². The molecule has 1 saturated heterocycles. The van der Waals surface area contributed by atoms with Gasteiger partial charge in [-0.2, -0.15) is 8.61 Å². The number of hydrogen-bond acceptors (Lipinski definition) is 5. The van der Waals surface area contributed by atoms with E-state index < -0.39 is 32.0 Å². The van der Waals surface area contributed by atoms with Crippen LogP contribution in [0, 0.1) is 6.92 Å². The summed E-state index contributed by atoms with van der Waals surface area (Å²) in [6.07, 6.45) is 0. The molecule has 3 aromatic carbocycles. The number of halogens is 1. The van der Waals surface area contributed by atoms with Gasteiger partial charge in [-0.1, -0.05) is 54.1 Å².